The summed E-state index contributed by atoms with van der Waals surface area (Å²) in [5.41, 5.74) is 0.951. The van der Waals surface area contributed by atoms with Gasteiger partial charge in [-0.2, -0.15) is 0 Å². The smallest absolute Gasteiger partial charge is 0.220 e. The van der Waals surface area contributed by atoms with E-state index in [1.54, 1.807) is 0 Å². The number of aliphatic hydroxyl groups is 1. The molecule has 0 spiro atoms. The Morgan fingerprint density at radius 1 is 1.16 bits per heavy atom. The Morgan fingerprint density at radius 3 is 2.32 bits per heavy atom. The highest BCUT2D eigenvalue weighted by Gasteiger charge is 2.60. The topological polar surface area (TPSA) is 49.3 Å². The van der Waals surface area contributed by atoms with Gasteiger partial charge in [-0.15, -0.1) is 0 Å². The van der Waals surface area contributed by atoms with Gasteiger partial charge in [0.2, 0.25) is 5.91 Å². The van der Waals surface area contributed by atoms with E-state index in [9.17, 15) is 4.79 Å². The van der Waals surface area contributed by atoms with Crippen LogP contribution in [0.3, 0.4) is 0 Å². The Balaban J connectivity index is 1.75. The van der Waals surface area contributed by atoms with E-state index in [1.165, 1.54) is 25.7 Å². The van der Waals surface area contributed by atoms with E-state index in [4.69, 9.17) is 5.11 Å². The van der Waals surface area contributed by atoms with Crippen molar-refractivity contribution in [2.24, 2.45) is 16.7 Å². The molecule has 4 saturated carbocycles. The highest BCUT2D eigenvalue weighted by atomic mass is 16.3. The summed E-state index contributed by atoms with van der Waals surface area (Å²) >= 11 is 0. The van der Waals surface area contributed by atoms with Gasteiger partial charge in [0.15, 0.2) is 0 Å². The van der Waals surface area contributed by atoms with Gasteiger partial charge in [-0.25, -0.2) is 0 Å². The summed E-state index contributed by atoms with van der Waals surface area (Å²) in [5.74, 6) is 0.951. The monoisotopic (exact) mass is 265 g/mol. The normalized spacial score (nSPS) is 47.4. The maximum Gasteiger partial charge on any atom is 0.220 e. The molecule has 19 heavy (non-hydrogen) atoms. The largest absolute Gasteiger partial charge is 0.396 e. The van der Waals surface area contributed by atoms with Crippen LogP contribution >= 0.6 is 0 Å². The summed E-state index contributed by atoms with van der Waals surface area (Å²) in [4.78, 5) is 12.1. The molecule has 1 amide bonds. The summed E-state index contributed by atoms with van der Waals surface area (Å²) in [6, 6.07) is 0. The Morgan fingerprint density at radius 2 is 1.79 bits per heavy atom. The predicted octanol–water partition coefficient (Wildman–Crippen LogP) is 2.62. The Labute approximate surface area is 116 Å². The Kier molecular flexibility index (Phi) is 2.97. The second-order valence-corrected chi connectivity index (χ2v) is 8.29. The van der Waals surface area contributed by atoms with Crippen molar-refractivity contribution in [2.75, 3.05) is 6.61 Å². The first kappa shape index (κ1) is 13.4. The van der Waals surface area contributed by atoms with Gasteiger partial charge >= 0.3 is 0 Å². The fourth-order valence-electron chi connectivity index (χ4n) is 6.18. The van der Waals surface area contributed by atoms with E-state index in [0.717, 1.165) is 18.8 Å². The molecule has 0 aromatic heterocycles. The molecule has 0 saturated heterocycles. The van der Waals surface area contributed by atoms with E-state index in [1.807, 2.05) is 0 Å². The summed E-state index contributed by atoms with van der Waals surface area (Å²) in [6.45, 7) is 4.95. The van der Waals surface area contributed by atoms with Crippen LogP contribution in [-0.4, -0.2) is 23.2 Å². The zero-order chi connectivity index (χ0) is 13.7. The average molecular weight is 265 g/mol. The summed E-state index contributed by atoms with van der Waals surface area (Å²) < 4.78 is 0. The maximum absolute atomic E-state index is 12.1. The molecule has 2 unspecified atom stereocenters. The minimum atomic E-state index is 0.0649. The highest BCUT2D eigenvalue weighted by molar-refractivity contribution is 5.76. The SMILES string of the molecule is CC12CC3CC(C)(C1)CC(NC(=O)CCCO)(C3)C2. The van der Waals surface area contributed by atoms with E-state index < -0.39 is 0 Å². The van der Waals surface area contributed by atoms with Crippen LogP contribution in [0.25, 0.3) is 0 Å². The quantitative estimate of drug-likeness (QED) is 0.821. The fraction of sp³-hybridized carbons (Fsp3) is 0.938. The number of carbonyl (C=O) groups is 1. The number of carbonyl (C=O) groups excluding carboxylic acids is 1. The van der Waals surface area contributed by atoms with Crippen molar-refractivity contribution in [1.29, 1.82) is 0 Å². The fourth-order valence-corrected chi connectivity index (χ4v) is 6.18. The third kappa shape index (κ3) is 2.42. The zero-order valence-corrected chi connectivity index (χ0v) is 12.3. The molecule has 0 heterocycles. The van der Waals surface area contributed by atoms with Crippen molar-refractivity contribution < 1.29 is 9.90 Å². The van der Waals surface area contributed by atoms with Crippen LogP contribution < -0.4 is 5.32 Å². The number of nitrogens with one attached hydrogen (secondary N) is 1. The van der Waals surface area contributed by atoms with Crippen LogP contribution in [0.15, 0.2) is 0 Å². The van der Waals surface area contributed by atoms with Gasteiger partial charge < -0.3 is 10.4 Å². The number of hydrogen-bond donors (Lipinski definition) is 2. The van der Waals surface area contributed by atoms with Crippen molar-refractivity contribution in [3.8, 4) is 0 Å². The van der Waals surface area contributed by atoms with Gasteiger partial charge in [0, 0.05) is 18.6 Å². The second kappa shape index (κ2) is 4.21. The first-order valence-corrected chi connectivity index (χ1v) is 7.78. The van der Waals surface area contributed by atoms with Gasteiger partial charge in [0.25, 0.3) is 0 Å². The van der Waals surface area contributed by atoms with Crippen molar-refractivity contribution in [3.63, 3.8) is 0 Å². The molecular formula is C16H27NO2. The highest BCUT2D eigenvalue weighted by Crippen LogP contribution is 2.66. The standard InChI is InChI=1S/C16H27NO2/c1-14-6-12-7-15(2,9-14)11-16(8-12,10-14)17-13(19)4-3-5-18/h12,18H,3-11H2,1-2H3,(H,17,19). The molecule has 4 fully saturated rings. The summed E-state index contributed by atoms with van der Waals surface area (Å²) in [5, 5.41) is 12.2. The summed E-state index contributed by atoms with van der Waals surface area (Å²) in [6.07, 6.45) is 8.62. The van der Waals surface area contributed by atoms with E-state index in [2.05, 4.69) is 19.2 Å². The van der Waals surface area contributed by atoms with Crippen molar-refractivity contribution in [1.82, 2.24) is 5.32 Å². The predicted molar refractivity (Wildman–Crippen MR) is 74.6 cm³/mol. The maximum atomic E-state index is 12.1. The molecule has 4 bridgehead atoms. The average Bonchev–Trinajstić information content (AvgIpc) is 2.20. The van der Waals surface area contributed by atoms with E-state index >= 15 is 0 Å². The zero-order valence-electron chi connectivity index (χ0n) is 12.3. The van der Waals surface area contributed by atoms with E-state index in [0.29, 0.717) is 23.7 Å². The van der Waals surface area contributed by atoms with Crippen molar-refractivity contribution in [2.45, 2.75) is 70.8 Å². The molecule has 0 aromatic carbocycles. The molecule has 4 aliphatic carbocycles. The lowest BCUT2D eigenvalue weighted by Crippen LogP contribution is -2.65. The molecule has 0 aliphatic heterocycles. The van der Waals surface area contributed by atoms with E-state index in [-0.39, 0.29) is 18.1 Å². The third-order valence-corrected chi connectivity index (χ3v) is 5.59. The molecule has 4 rings (SSSR count). The molecule has 3 nitrogen and oxygen atoms in total. The minimum Gasteiger partial charge on any atom is -0.396 e. The van der Waals surface area contributed by atoms with Gasteiger partial charge in [-0.05, 0) is 61.7 Å². The van der Waals surface area contributed by atoms with Gasteiger partial charge in [-0.3, -0.25) is 4.79 Å². The minimum absolute atomic E-state index is 0.0649. The van der Waals surface area contributed by atoms with Crippen molar-refractivity contribution in [3.05, 3.63) is 0 Å². The third-order valence-electron chi connectivity index (χ3n) is 5.59. The first-order chi connectivity index (χ1) is 8.86. The van der Waals surface area contributed by atoms with Crippen LogP contribution in [0.5, 0.6) is 0 Å². The lowest BCUT2D eigenvalue weighted by molar-refractivity contribution is -0.139. The Bertz CT molecular complexity index is 374. The summed E-state index contributed by atoms with van der Waals surface area (Å²) in [7, 11) is 0. The number of hydrogen-bond acceptors (Lipinski definition) is 2. The van der Waals surface area contributed by atoms with Gasteiger partial charge in [-0.1, -0.05) is 13.8 Å². The first-order valence-electron chi connectivity index (χ1n) is 7.78. The Hall–Kier alpha value is -0.570. The second-order valence-electron chi connectivity index (χ2n) is 8.29. The van der Waals surface area contributed by atoms with Gasteiger partial charge in [0.1, 0.15) is 0 Å². The number of rotatable bonds is 4. The molecule has 2 atom stereocenters. The van der Waals surface area contributed by atoms with Crippen molar-refractivity contribution >= 4 is 5.91 Å². The molecular weight excluding hydrogens is 238 g/mol. The molecule has 108 valence electrons. The van der Waals surface area contributed by atoms with Crippen LogP contribution in [0, 0.1) is 16.7 Å². The van der Waals surface area contributed by atoms with Gasteiger partial charge in [0.05, 0.1) is 0 Å². The van der Waals surface area contributed by atoms with Crippen LogP contribution in [0.1, 0.15) is 65.2 Å². The molecule has 4 aliphatic rings. The van der Waals surface area contributed by atoms with Crippen LogP contribution in [-0.2, 0) is 4.79 Å². The molecule has 2 N–H and O–H groups in total. The molecule has 0 aromatic rings. The molecule has 3 heteroatoms. The number of amides is 1. The molecule has 0 radical (unpaired) electrons. The van der Waals surface area contributed by atoms with Crippen LogP contribution in [0.4, 0.5) is 0 Å². The lowest BCUT2D eigenvalue weighted by atomic mass is 9.43. The lowest BCUT2D eigenvalue weighted by Gasteiger charge is -2.65. The number of aliphatic hydroxyl groups excluding tert-OH is 1. The van der Waals surface area contributed by atoms with Crippen LogP contribution in [0.2, 0.25) is 0 Å².